The first-order valence-electron chi connectivity index (χ1n) is 5.32. The van der Waals surface area contributed by atoms with E-state index in [1.165, 1.54) is 0 Å². The maximum absolute atomic E-state index is 11.9. The smallest absolute Gasteiger partial charge is 0.228 e. The number of piperidine rings is 1. The lowest BCUT2D eigenvalue weighted by atomic mass is 10.0. The molecule has 0 aromatic carbocycles. The highest BCUT2D eigenvalue weighted by Crippen LogP contribution is 2.18. The van der Waals surface area contributed by atoms with Gasteiger partial charge in [0.05, 0.1) is 18.6 Å². The van der Waals surface area contributed by atoms with E-state index in [2.05, 4.69) is 0 Å². The molecule has 4 heteroatoms. The van der Waals surface area contributed by atoms with Crippen LogP contribution in [0.25, 0.3) is 0 Å². The van der Waals surface area contributed by atoms with Crippen molar-refractivity contribution in [1.29, 1.82) is 0 Å². The number of nitrogens with zero attached hydrogens (tertiary/aromatic N) is 1. The van der Waals surface area contributed by atoms with E-state index in [4.69, 9.17) is 4.74 Å². The van der Waals surface area contributed by atoms with E-state index in [1.54, 1.807) is 0 Å². The van der Waals surface area contributed by atoms with Gasteiger partial charge in [0.2, 0.25) is 5.91 Å². The van der Waals surface area contributed by atoms with Crippen LogP contribution in [0, 0.1) is 5.92 Å². The third-order valence-corrected chi connectivity index (χ3v) is 3.06. The molecule has 0 bridgehead atoms. The molecule has 2 saturated heterocycles. The first-order valence-corrected chi connectivity index (χ1v) is 5.32. The molecule has 1 amide bonds. The van der Waals surface area contributed by atoms with Crippen LogP contribution in [0.2, 0.25) is 0 Å². The summed E-state index contributed by atoms with van der Waals surface area (Å²) in [5.41, 5.74) is 0. The number of hydrogen-bond donors (Lipinski definition) is 1. The van der Waals surface area contributed by atoms with Crippen LogP contribution in [-0.2, 0) is 9.53 Å². The minimum atomic E-state index is -0.209. The van der Waals surface area contributed by atoms with Gasteiger partial charge in [-0.25, -0.2) is 0 Å². The summed E-state index contributed by atoms with van der Waals surface area (Å²) in [5, 5.41) is 9.31. The molecule has 0 radical (unpaired) electrons. The minimum absolute atomic E-state index is 0.0743. The average molecular weight is 199 g/mol. The quantitative estimate of drug-likeness (QED) is 0.647. The number of likely N-dealkylation sites (tertiary alicyclic amines) is 1. The van der Waals surface area contributed by atoms with Gasteiger partial charge in [-0.3, -0.25) is 4.79 Å². The van der Waals surface area contributed by atoms with Gasteiger partial charge >= 0.3 is 0 Å². The molecule has 2 aliphatic heterocycles. The van der Waals surface area contributed by atoms with Crippen LogP contribution >= 0.6 is 0 Å². The topological polar surface area (TPSA) is 49.8 Å². The highest BCUT2D eigenvalue weighted by atomic mass is 16.5. The third-order valence-electron chi connectivity index (χ3n) is 3.06. The Bertz CT molecular complexity index is 205. The van der Waals surface area contributed by atoms with Crippen molar-refractivity contribution in [2.75, 3.05) is 26.3 Å². The summed E-state index contributed by atoms with van der Waals surface area (Å²) in [4.78, 5) is 13.7. The average Bonchev–Trinajstić information content (AvgIpc) is 2.71. The fourth-order valence-corrected chi connectivity index (χ4v) is 2.07. The summed E-state index contributed by atoms with van der Waals surface area (Å²) in [7, 11) is 0. The van der Waals surface area contributed by atoms with Gasteiger partial charge in [0.25, 0.3) is 0 Å². The summed E-state index contributed by atoms with van der Waals surface area (Å²) < 4.78 is 5.19. The number of amides is 1. The molecular formula is C10H17NO3. The zero-order valence-electron chi connectivity index (χ0n) is 8.32. The second-order valence-corrected chi connectivity index (χ2v) is 4.12. The lowest BCUT2D eigenvalue weighted by Gasteiger charge is -2.31. The van der Waals surface area contributed by atoms with Crippen LogP contribution in [0.3, 0.4) is 0 Å². The molecule has 0 unspecified atom stereocenters. The summed E-state index contributed by atoms with van der Waals surface area (Å²) >= 11 is 0. The zero-order chi connectivity index (χ0) is 9.97. The molecule has 80 valence electrons. The first-order chi connectivity index (χ1) is 6.77. The second kappa shape index (κ2) is 4.28. The summed E-state index contributed by atoms with van der Waals surface area (Å²) in [5.74, 6) is 0.291. The number of ether oxygens (including phenoxy) is 1. The van der Waals surface area contributed by atoms with Crippen molar-refractivity contribution in [2.24, 2.45) is 5.92 Å². The molecule has 2 heterocycles. The van der Waals surface area contributed by atoms with E-state index in [0.29, 0.717) is 26.3 Å². The van der Waals surface area contributed by atoms with Crippen molar-refractivity contribution in [2.45, 2.75) is 25.4 Å². The van der Waals surface area contributed by atoms with E-state index >= 15 is 0 Å². The molecule has 0 saturated carbocycles. The van der Waals surface area contributed by atoms with Gasteiger partial charge in [-0.2, -0.15) is 0 Å². The number of aliphatic hydroxyl groups is 1. The van der Waals surface area contributed by atoms with Crippen molar-refractivity contribution in [3.8, 4) is 0 Å². The summed E-state index contributed by atoms with van der Waals surface area (Å²) in [6, 6.07) is 0. The Morgan fingerprint density at radius 1 is 1.29 bits per heavy atom. The SMILES string of the molecule is O=C([C@H]1CCOC1)N1CCC(O)CC1. The molecule has 0 aliphatic carbocycles. The Morgan fingerprint density at radius 3 is 2.57 bits per heavy atom. The highest BCUT2D eigenvalue weighted by Gasteiger charge is 2.29. The van der Waals surface area contributed by atoms with Gasteiger partial charge in [0.15, 0.2) is 0 Å². The van der Waals surface area contributed by atoms with Crippen molar-refractivity contribution in [3.05, 3.63) is 0 Å². The highest BCUT2D eigenvalue weighted by molar-refractivity contribution is 5.79. The second-order valence-electron chi connectivity index (χ2n) is 4.12. The van der Waals surface area contributed by atoms with Crippen LogP contribution in [0.15, 0.2) is 0 Å². The zero-order valence-corrected chi connectivity index (χ0v) is 8.32. The molecule has 1 atom stereocenters. The minimum Gasteiger partial charge on any atom is -0.393 e. The van der Waals surface area contributed by atoms with Gasteiger partial charge in [-0.1, -0.05) is 0 Å². The van der Waals surface area contributed by atoms with Gasteiger partial charge in [0.1, 0.15) is 0 Å². The monoisotopic (exact) mass is 199 g/mol. The molecule has 14 heavy (non-hydrogen) atoms. The summed E-state index contributed by atoms with van der Waals surface area (Å²) in [6.45, 7) is 2.71. The fraction of sp³-hybridized carbons (Fsp3) is 0.900. The Labute approximate surface area is 83.8 Å². The maximum atomic E-state index is 11.9. The Hall–Kier alpha value is -0.610. The molecule has 0 aromatic heterocycles. The standard InChI is InChI=1S/C10H17NO3/c12-9-1-4-11(5-2-9)10(13)8-3-6-14-7-8/h8-9,12H,1-7H2/t8-/m0/s1. The van der Waals surface area contributed by atoms with Crippen molar-refractivity contribution < 1.29 is 14.6 Å². The number of aliphatic hydroxyl groups excluding tert-OH is 1. The molecule has 2 rings (SSSR count). The lowest BCUT2D eigenvalue weighted by molar-refractivity contribution is -0.137. The van der Waals surface area contributed by atoms with Gasteiger partial charge in [0, 0.05) is 19.7 Å². The number of carbonyl (C=O) groups excluding carboxylic acids is 1. The molecule has 0 aromatic rings. The molecule has 0 spiro atoms. The van der Waals surface area contributed by atoms with Gasteiger partial charge < -0.3 is 14.7 Å². The molecule has 1 N–H and O–H groups in total. The van der Waals surface area contributed by atoms with Crippen LogP contribution < -0.4 is 0 Å². The lowest BCUT2D eigenvalue weighted by Crippen LogP contribution is -2.43. The molecule has 2 fully saturated rings. The fourth-order valence-electron chi connectivity index (χ4n) is 2.07. The van der Waals surface area contributed by atoms with E-state index in [-0.39, 0.29) is 17.9 Å². The van der Waals surface area contributed by atoms with Gasteiger partial charge in [-0.05, 0) is 19.3 Å². The van der Waals surface area contributed by atoms with Crippen LogP contribution in [0.4, 0.5) is 0 Å². The third kappa shape index (κ3) is 2.07. The molecule has 2 aliphatic rings. The van der Waals surface area contributed by atoms with Crippen molar-refractivity contribution in [3.63, 3.8) is 0 Å². The first kappa shape index (κ1) is 9.93. The molecular weight excluding hydrogens is 182 g/mol. The van der Waals surface area contributed by atoms with Crippen molar-refractivity contribution >= 4 is 5.91 Å². The largest absolute Gasteiger partial charge is 0.393 e. The van der Waals surface area contributed by atoms with Crippen LogP contribution in [0.5, 0.6) is 0 Å². The van der Waals surface area contributed by atoms with E-state index in [9.17, 15) is 9.90 Å². The Balaban J connectivity index is 1.85. The van der Waals surface area contributed by atoms with E-state index < -0.39 is 0 Å². The number of hydrogen-bond acceptors (Lipinski definition) is 3. The normalized spacial score (nSPS) is 29.5. The number of rotatable bonds is 1. The predicted molar refractivity (Wildman–Crippen MR) is 50.7 cm³/mol. The number of carbonyl (C=O) groups is 1. The van der Waals surface area contributed by atoms with Crippen LogP contribution in [-0.4, -0.2) is 48.3 Å². The molecule has 4 nitrogen and oxygen atoms in total. The van der Waals surface area contributed by atoms with Crippen LogP contribution in [0.1, 0.15) is 19.3 Å². The summed E-state index contributed by atoms with van der Waals surface area (Å²) in [6.07, 6.45) is 2.09. The van der Waals surface area contributed by atoms with Gasteiger partial charge in [-0.15, -0.1) is 0 Å². The predicted octanol–water partition coefficient (Wildman–Crippen LogP) is 0.00620. The Kier molecular flexibility index (Phi) is 3.03. The van der Waals surface area contributed by atoms with E-state index in [0.717, 1.165) is 19.3 Å². The maximum Gasteiger partial charge on any atom is 0.228 e. The Morgan fingerprint density at radius 2 is 2.00 bits per heavy atom. The van der Waals surface area contributed by atoms with Crippen molar-refractivity contribution in [1.82, 2.24) is 4.90 Å². The van der Waals surface area contributed by atoms with E-state index in [1.807, 2.05) is 4.90 Å².